The summed E-state index contributed by atoms with van der Waals surface area (Å²) < 4.78 is 15.9. The van der Waals surface area contributed by atoms with E-state index in [1.807, 2.05) is 40.8 Å². The molecule has 20 heavy (non-hydrogen) atoms. The highest BCUT2D eigenvalue weighted by Gasteiger charge is 2.20. The summed E-state index contributed by atoms with van der Waals surface area (Å²) >= 11 is 0. The van der Waals surface area contributed by atoms with Gasteiger partial charge in [0.25, 0.3) is 0 Å². The van der Waals surface area contributed by atoms with Gasteiger partial charge >= 0.3 is 0 Å². The summed E-state index contributed by atoms with van der Waals surface area (Å²) in [5.74, 6) is -0.339. The first kappa shape index (κ1) is 14.7. The molecule has 0 radical (unpaired) electrons. The fourth-order valence-corrected chi connectivity index (χ4v) is 2.76. The Kier molecular flexibility index (Phi) is 3.95. The number of nitrogens with zero attached hydrogens (tertiary/aromatic N) is 2. The van der Waals surface area contributed by atoms with Gasteiger partial charge in [-0.25, -0.2) is 4.39 Å². The Bertz CT molecular complexity index is 623. The van der Waals surface area contributed by atoms with E-state index in [1.165, 1.54) is 6.07 Å². The Morgan fingerprint density at radius 3 is 2.40 bits per heavy atom. The molecule has 3 nitrogen and oxygen atoms in total. The van der Waals surface area contributed by atoms with Gasteiger partial charge in [-0.05, 0) is 50.5 Å². The molecule has 1 N–H and O–H groups in total. The maximum absolute atomic E-state index is 14.1. The second kappa shape index (κ2) is 5.37. The van der Waals surface area contributed by atoms with Crippen LogP contribution in [0.15, 0.2) is 12.1 Å². The Hall–Kier alpha value is -1.68. The number of benzene rings is 1. The highest BCUT2D eigenvalue weighted by atomic mass is 19.1. The quantitative estimate of drug-likeness (QED) is 0.935. The van der Waals surface area contributed by atoms with Crippen LogP contribution in [0.5, 0.6) is 0 Å². The zero-order valence-corrected chi connectivity index (χ0v) is 12.7. The molecule has 0 aliphatic rings. The molecule has 0 amide bonds. The van der Waals surface area contributed by atoms with Crippen LogP contribution in [0.25, 0.3) is 0 Å². The van der Waals surface area contributed by atoms with Gasteiger partial charge in [0.15, 0.2) is 0 Å². The molecule has 2 aromatic rings. The molecule has 0 aliphatic carbocycles. The number of aromatic nitrogens is 2. The van der Waals surface area contributed by atoms with Crippen molar-refractivity contribution in [2.75, 3.05) is 0 Å². The van der Waals surface area contributed by atoms with Crippen LogP contribution in [0.1, 0.15) is 39.7 Å². The van der Waals surface area contributed by atoms with E-state index in [-0.39, 0.29) is 5.82 Å². The third-order valence-corrected chi connectivity index (χ3v) is 3.87. The standard InChI is InChI=1S/C16H21FN2O/c1-9-6-10(2)16(14(17)7-9)15(20)8-13-11(3)18-19(5)12(13)4/h6-7,15,20H,8H2,1-5H3. The van der Waals surface area contributed by atoms with Crippen molar-refractivity contribution in [3.63, 3.8) is 0 Å². The fraction of sp³-hybridized carbons (Fsp3) is 0.438. The number of aliphatic hydroxyl groups excluding tert-OH is 1. The van der Waals surface area contributed by atoms with Crippen LogP contribution in [-0.4, -0.2) is 14.9 Å². The predicted octanol–water partition coefficient (Wildman–Crippen LogP) is 3.07. The third-order valence-electron chi connectivity index (χ3n) is 3.87. The van der Waals surface area contributed by atoms with Crippen molar-refractivity contribution in [2.24, 2.45) is 7.05 Å². The van der Waals surface area contributed by atoms with E-state index in [0.717, 1.165) is 28.1 Å². The Morgan fingerprint density at radius 2 is 1.90 bits per heavy atom. The molecular weight excluding hydrogens is 255 g/mol. The van der Waals surface area contributed by atoms with Crippen LogP contribution in [0.2, 0.25) is 0 Å². The van der Waals surface area contributed by atoms with Crippen molar-refractivity contribution in [2.45, 2.75) is 40.2 Å². The summed E-state index contributed by atoms with van der Waals surface area (Å²) in [5.41, 5.74) is 4.91. The number of hydrogen-bond donors (Lipinski definition) is 1. The average molecular weight is 276 g/mol. The number of aliphatic hydroxyl groups is 1. The van der Waals surface area contributed by atoms with Gasteiger partial charge in [-0.3, -0.25) is 4.68 Å². The molecule has 108 valence electrons. The van der Waals surface area contributed by atoms with E-state index in [0.29, 0.717) is 12.0 Å². The van der Waals surface area contributed by atoms with Crippen molar-refractivity contribution in [1.29, 1.82) is 0 Å². The summed E-state index contributed by atoms with van der Waals surface area (Å²) in [6.07, 6.45) is -0.469. The van der Waals surface area contributed by atoms with Gasteiger partial charge in [-0.15, -0.1) is 0 Å². The second-order valence-corrected chi connectivity index (χ2v) is 5.47. The molecule has 4 heteroatoms. The van der Waals surface area contributed by atoms with Crippen LogP contribution < -0.4 is 0 Å². The molecule has 0 saturated carbocycles. The molecule has 2 rings (SSSR count). The van der Waals surface area contributed by atoms with Crippen molar-refractivity contribution < 1.29 is 9.50 Å². The first-order valence-corrected chi connectivity index (χ1v) is 6.75. The van der Waals surface area contributed by atoms with E-state index in [1.54, 1.807) is 4.68 Å². The molecule has 1 atom stereocenters. The normalized spacial score (nSPS) is 12.8. The lowest BCUT2D eigenvalue weighted by Crippen LogP contribution is -2.08. The van der Waals surface area contributed by atoms with Gasteiger partial charge in [-0.2, -0.15) is 5.10 Å². The molecule has 1 heterocycles. The fourth-order valence-electron chi connectivity index (χ4n) is 2.76. The summed E-state index contributed by atoms with van der Waals surface area (Å²) in [7, 11) is 1.87. The largest absolute Gasteiger partial charge is 0.388 e. The van der Waals surface area contributed by atoms with Gasteiger partial charge in [0.05, 0.1) is 11.8 Å². The molecule has 0 spiro atoms. The summed E-state index contributed by atoms with van der Waals surface area (Å²) in [4.78, 5) is 0. The van der Waals surface area contributed by atoms with Crippen molar-refractivity contribution in [3.05, 3.63) is 51.6 Å². The third kappa shape index (κ3) is 2.61. The van der Waals surface area contributed by atoms with Gasteiger partial charge in [-0.1, -0.05) is 6.07 Å². The lowest BCUT2D eigenvalue weighted by atomic mass is 9.95. The van der Waals surface area contributed by atoms with Crippen molar-refractivity contribution in [1.82, 2.24) is 9.78 Å². The number of halogens is 1. The monoisotopic (exact) mass is 276 g/mol. The highest BCUT2D eigenvalue weighted by molar-refractivity contribution is 5.35. The average Bonchev–Trinajstić information content (AvgIpc) is 2.54. The van der Waals surface area contributed by atoms with Crippen LogP contribution in [0.3, 0.4) is 0 Å². The zero-order chi connectivity index (χ0) is 15.0. The van der Waals surface area contributed by atoms with Crippen molar-refractivity contribution in [3.8, 4) is 0 Å². The molecule has 0 saturated heterocycles. The van der Waals surface area contributed by atoms with E-state index >= 15 is 0 Å². The first-order valence-electron chi connectivity index (χ1n) is 6.75. The molecule has 0 fully saturated rings. The Balaban J connectivity index is 2.36. The molecular formula is C16H21FN2O. The minimum atomic E-state index is -0.850. The topological polar surface area (TPSA) is 38.1 Å². The molecule has 1 unspecified atom stereocenters. The van der Waals surface area contributed by atoms with Gasteiger partial charge in [0.1, 0.15) is 5.82 Å². The van der Waals surface area contributed by atoms with Gasteiger partial charge < -0.3 is 5.11 Å². The van der Waals surface area contributed by atoms with E-state index in [2.05, 4.69) is 5.10 Å². The molecule has 1 aromatic heterocycles. The zero-order valence-electron chi connectivity index (χ0n) is 12.7. The SMILES string of the molecule is Cc1cc(C)c(C(O)Cc2c(C)nn(C)c2C)c(F)c1. The Morgan fingerprint density at radius 1 is 1.25 bits per heavy atom. The highest BCUT2D eigenvalue weighted by Crippen LogP contribution is 2.27. The van der Waals surface area contributed by atoms with E-state index < -0.39 is 6.10 Å². The maximum atomic E-state index is 14.1. The van der Waals surface area contributed by atoms with Crippen molar-refractivity contribution >= 4 is 0 Å². The number of hydrogen-bond acceptors (Lipinski definition) is 2. The molecule has 1 aromatic carbocycles. The van der Waals surface area contributed by atoms with Crippen LogP contribution >= 0.6 is 0 Å². The van der Waals surface area contributed by atoms with Crippen LogP contribution in [0, 0.1) is 33.5 Å². The van der Waals surface area contributed by atoms with Crippen LogP contribution in [-0.2, 0) is 13.5 Å². The minimum Gasteiger partial charge on any atom is -0.388 e. The lowest BCUT2D eigenvalue weighted by molar-refractivity contribution is 0.172. The summed E-state index contributed by atoms with van der Waals surface area (Å²) in [6, 6.07) is 3.36. The van der Waals surface area contributed by atoms with E-state index in [4.69, 9.17) is 0 Å². The molecule has 0 aliphatic heterocycles. The van der Waals surface area contributed by atoms with Crippen LogP contribution in [0.4, 0.5) is 4.39 Å². The summed E-state index contributed by atoms with van der Waals surface area (Å²) in [6.45, 7) is 7.55. The maximum Gasteiger partial charge on any atom is 0.129 e. The lowest BCUT2D eigenvalue weighted by Gasteiger charge is -2.16. The number of aryl methyl sites for hydroxylation is 4. The molecule has 0 bridgehead atoms. The van der Waals surface area contributed by atoms with Gasteiger partial charge in [0.2, 0.25) is 0 Å². The number of rotatable bonds is 3. The first-order chi connectivity index (χ1) is 9.31. The smallest absolute Gasteiger partial charge is 0.129 e. The Labute approximate surface area is 119 Å². The predicted molar refractivity (Wildman–Crippen MR) is 77.2 cm³/mol. The van der Waals surface area contributed by atoms with Gasteiger partial charge in [0, 0.05) is 24.7 Å². The van der Waals surface area contributed by atoms with E-state index in [9.17, 15) is 9.50 Å². The summed E-state index contributed by atoms with van der Waals surface area (Å²) in [5, 5.41) is 14.7. The second-order valence-electron chi connectivity index (χ2n) is 5.47. The minimum absolute atomic E-state index is 0.339.